The van der Waals surface area contributed by atoms with Gasteiger partial charge in [0.05, 0.1) is 6.61 Å². The van der Waals surface area contributed by atoms with Crippen LogP contribution in [0.2, 0.25) is 0 Å². The molecule has 2 nitrogen and oxygen atoms in total. The third-order valence-electron chi connectivity index (χ3n) is 4.38. The molecule has 0 aromatic heterocycles. The van der Waals surface area contributed by atoms with Crippen LogP contribution in [-0.4, -0.2) is 31.1 Å². The minimum Gasteiger partial charge on any atom is -0.388 e. The third-order valence-corrected chi connectivity index (χ3v) is 4.38. The van der Waals surface area contributed by atoms with Crippen molar-refractivity contribution in [2.24, 2.45) is 0 Å². The molecule has 0 aliphatic heterocycles. The van der Waals surface area contributed by atoms with Crippen LogP contribution in [-0.2, 0) is 4.74 Å². The fraction of sp³-hybridized carbons (Fsp3) is 1.00. The van der Waals surface area contributed by atoms with Crippen LogP contribution in [0.15, 0.2) is 0 Å². The highest BCUT2D eigenvalue weighted by atomic mass is 19.1. The van der Waals surface area contributed by atoms with Gasteiger partial charge >= 0.3 is 0 Å². The van der Waals surface area contributed by atoms with Crippen LogP contribution in [0.4, 0.5) is 4.39 Å². The van der Waals surface area contributed by atoms with Crippen LogP contribution in [0, 0.1) is 0 Å². The van der Waals surface area contributed by atoms with Gasteiger partial charge in [-0.15, -0.1) is 0 Å². The third kappa shape index (κ3) is 19.8. The van der Waals surface area contributed by atoms with Crippen molar-refractivity contribution >= 4 is 0 Å². The number of alkyl halides is 1. The number of unbranched alkanes of at least 4 members (excludes halogenated alkanes) is 14. The van der Waals surface area contributed by atoms with E-state index in [0.717, 1.165) is 6.42 Å². The van der Waals surface area contributed by atoms with Gasteiger partial charge in [0, 0.05) is 6.61 Å². The summed E-state index contributed by atoms with van der Waals surface area (Å²) in [5.41, 5.74) is 0. The molecule has 0 rings (SSSR count). The molecule has 1 N–H and O–H groups in total. The Morgan fingerprint density at radius 3 is 1.48 bits per heavy atom. The molecular weight excluding hydrogens is 291 g/mol. The summed E-state index contributed by atoms with van der Waals surface area (Å²) in [5, 5.41) is 8.98. The first-order chi connectivity index (χ1) is 11.3. The van der Waals surface area contributed by atoms with Crippen LogP contribution in [0.25, 0.3) is 0 Å². The predicted octanol–water partition coefficient (Wildman–Crippen LogP) is 6.20. The van der Waals surface area contributed by atoms with E-state index in [0.29, 0.717) is 6.61 Å². The van der Waals surface area contributed by atoms with Crippen molar-refractivity contribution in [1.29, 1.82) is 0 Å². The van der Waals surface area contributed by atoms with Crippen molar-refractivity contribution in [2.75, 3.05) is 19.9 Å². The molecule has 0 saturated heterocycles. The minimum atomic E-state index is -0.939. The molecule has 0 aromatic carbocycles. The lowest BCUT2D eigenvalue weighted by molar-refractivity contribution is 0.0228. The van der Waals surface area contributed by atoms with Gasteiger partial charge in [-0.2, -0.15) is 0 Å². The van der Waals surface area contributed by atoms with Gasteiger partial charge in [-0.25, -0.2) is 4.39 Å². The van der Waals surface area contributed by atoms with Crippen LogP contribution < -0.4 is 0 Å². The van der Waals surface area contributed by atoms with E-state index in [1.807, 2.05) is 0 Å². The number of rotatable bonds is 19. The Labute approximate surface area is 144 Å². The maximum Gasteiger partial charge on any atom is 0.118 e. The van der Waals surface area contributed by atoms with Gasteiger partial charge in [0.25, 0.3) is 0 Å². The Kier molecular flexibility index (Phi) is 19.8. The summed E-state index contributed by atoms with van der Waals surface area (Å²) >= 11 is 0. The first kappa shape index (κ1) is 22.9. The van der Waals surface area contributed by atoms with E-state index in [1.165, 1.54) is 89.9 Å². The van der Waals surface area contributed by atoms with Gasteiger partial charge in [-0.1, -0.05) is 96.8 Å². The fourth-order valence-electron chi connectivity index (χ4n) is 2.84. The molecule has 0 aliphatic carbocycles. The SMILES string of the molecule is CCCCCCCCCCCCCCCCCOCC(O)CF. The second-order valence-electron chi connectivity index (χ2n) is 6.83. The van der Waals surface area contributed by atoms with Crippen molar-refractivity contribution in [3.63, 3.8) is 0 Å². The first-order valence-corrected chi connectivity index (χ1v) is 10.1. The zero-order valence-corrected chi connectivity index (χ0v) is 15.5. The largest absolute Gasteiger partial charge is 0.388 e. The molecule has 23 heavy (non-hydrogen) atoms. The molecule has 1 atom stereocenters. The van der Waals surface area contributed by atoms with Crippen molar-refractivity contribution in [3.8, 4) is 0 Å². The summed E-state index contributed by atoms with van der Waals surface area (Å²) in [4.78, 5) is 0. The predicted molar refractivity (Wildman–Crippen MR) is 97.7 cm³/mol. The lowest BCUT2D eigenvalue weighted by Crippen LogP contribution is -2.17. The maximum absolute atomic E-state index is 12.0. The molecule has 1 unspecified atom stereocenters. The molecule has 0 aromatic rings. The zero-order chi connectivity index (χ0) is 17.0. The van der Waals surface area contributed by atoms with E-state index < -0.39 is 12.8 Å². The van der Waals surface area contributed by atoms with Gasteiger partial charge in [0.1, 0.15) is 12.8 Å². The average Bonchev–Trinajstić information content (AvgIpc) is 2.57. The van der Waals surface area contributed by atoms with Gasteiger partial charge < -0.3 is 9.84 Å². The van der Waals surface area contributed by atoms with Gasteiger partial charge in [-0.3, -0.25) is 0 Å². The summed E-state index contributed by atoms with van der Waals surface area (Å²) in [7, 11) is 0. The Hall–Kier alpha value is -0.150. The number of halogens is 1. The lowest BCUT2D eigenvalue weighted by Gasteiger charge is -2.07. The quantitative estimate of drug-likeness (QED) is 0.285. The molecular formula is C20H41FO2. The molecule has 0 heterocycles. The Morgan fingerprint density at radius 1 is 0.696 bits per heavy atom. The van der Waals surface area contributed by atoms with Crippen molar-refractivity contribution in [1.82, 2.24) is 0 Å². The molecule has 0 radical (unpaired) electrons. The van der Waals surface area contributed by atoms with Crippen LogP contribution >= 0.6 is 0 Å². The van der Waals surface area contributed by atoms with Crippen molar-refractivity contribution in [3.05, 3.63) is 0 Å². The number of hydrogen-bond acceptors (Lipinski definition) is 2. The molecule has 0 bridgehead atoms. The number of hydrogen-bond donors (Lipinski definition) is 1. The van der Waals surface area contributed by atoms with Gasteiger partial charge in [0.15, 0.2) is 0 Å². The van der Waals surface area contributed by atoms with Crippen LogP contribution in [0.5, 0.6) is 0 Å². The minimum absolute atomic E-state index is 0.134. The number of ether oxygens (including phenoxy) is 1. The number of aliphatic hydroxyl groups excluding tert-OH is 1. The lowest BCUT2D eigenvalue weighted by atomic mass is 10.0. The Morgan fingerprint density at radius 2 is 1.09 bits per heavy atom. The van der Waals surface area contributed by atoms with E-state index in [-0.39, 0.29) is 6.61 Å². The smallest absolute Gasteiger partial charge is 0.118 e. The van der Waals surface area contributed by atoms with E-state index >= 15 is 0 Å². The Balaban J connectivity index is 2.97. The summed E-state index contributed by atoms with van der Waals surface area (Å²) in [6.45, 7) is 2.34. The molecule has 140 valence electrons. The summed E-state index contributed by atoms with van der Waals surface area (Å²) in [6.07, 6.45) is 19.3. The molecule has 0 aliphatic rings. The van der Waals surface area contributed by atoms with Crippen molar-refractivity contribution < 1.29 is 14.2 Å². The van der Waals surface area contributed by atoms with E-state index in [1.54, 1.807) is 0 Å². The Bertz CT molecular complexity index is 212. The molecule has 3 heteroatoms. The second-order valence-corrected chi connectivity index (χ2v) is 6.83. The second kappa shape index (κ2) is 19.9. The van der Waals surface area contributed by atoms with Crippen LogP contribution in [0.3, 0.4) is 0 Å². The zero-order valence-electron chi connectivity index (χ0n) is 15.5. The highest BCUT2D eigenvalue weighted by Gasteiger charge is 2.01. The molecule has 0 fully saturated rings. The standard InChI is InChI=1S/C20H41FO2/c1-2-3-4-5-6-7-8-9-10-11-12-13-14-15-16-17-23-19-20(22)18-21/h20,22H,2-19H2,1H3. The summed E-state index contributed by atoms with van der Waals surface area (Å²) in [5.74, 6) is 0. The summed E-state index contributed by atoms with van der Waals surface area (Å²) < 4.78 is 17.2. The van der Waals surface area contributed by atoms with Crippen molar-refractivity contribution in [2.45, 2.75) is 109 Å². The van der Waals surface area contributed by atoms with E-state index in [2.05, 4.69) is 6.92 Å². The topological polar surface area (TPSA) is 29.5 Å². The van der Waals surface area contributed by atoms with E-state index in [9.17, 15) is 4.39 Å². The normalized spacial score (nSPS) is 12.7. The maximum atomic E-state index is 12.0. The molecule has 0 spiro atoms. The highest BCUT2D eigenvalue weighted by Crippen LogP contribution is 2.13. The van der Waals surface area contributed by atoms with Gasteiger partial charge in [0.2, 0.25) is 0 Å². The van der Waals surface area contributed by atoms with E-state index in [4.69, 9.17) is 9.84 Å². The summed E-state index contributed by atoms with van der Waals surface area (Å²) in [6, 6.07) is 0. The molecule has 0 amide bonds. The number of aliphatic hydroxyl groups is 1. The fourth-order valence-corrected chi connectivity index (χ4v) is 2.84. The first-order valence-electron chi connectivity index (χ1n) is 10.1. The average molecular weight is 333 g/mol. The van der Waals surface area contributed by atoms with Gasteiger partial charge in [-0.05, 0) is 6.42 Å². The highest BCUT2D eigenvalue weighted by molar-refractivity contribution is 4.51. The van der Waals surface area contributed by atoms with Crippen LogP contribution in [0.1, 0.15) is 103 Å². The monoisotopic (exact) mass is 332 g/mol. The molecule has 0 saturated carbocycles.